The van der Waals surface area contributed by atoms with Crippen molar-refractivity contribution < 1.29 is 4.74 Å². The average molecular weight is 459 g/mol. The highest BCUT2D eigenvalue weighted by Gasteiger charge is 2.03. The Balaban J connectivity index is 0.00000288. The second kappa shape index (κ2) is 10.6. The lowest BCUT2D eigenvalue weighted by molar-refractivity contribution is 0.338. The quantitative estimate of drug-likeness (QED) is 0.386. The highest BCUT2D eigenvalue weighted by atomic mass is 127. The van der Waals surface area contributed by atoms with Crippen molar-refractivity contribution in [2.45, 2.75) is 33.9 Å². The van der Waals surface area contributed by atoms with Crippen LogP contribution in [0.2, 0.25) is 0 Å². The van der Waals surface area contributed by atoms with Crippen LogP contribution in [0.25, 0.3) is 0 Å². The Labute approximate surface area is 165 Å². The van der Waals surface area contributed by atoms with Crippen LogP contribution in [-0.4, -0.2) is 19.6 Å². The zero-order chi connectivity index (χ0) is 16.7. The highest BCUT2D eigenvalue weighted by Crippen LogP contribution is 2.19. The van der Waals surface area contributed by atoms with Crippen LogP contribution < -0.4 is 15.4 Å². The van der Waals surface area contributed by atoms with Crippen LogP contribution in [0.3, 0.4) is 0 Å². The molecule has 6 heteroatoms. The van der Waals surface area contributed by atoms with E-state index in [4.69, 9.17) is 4.74 Å². The van der Waals surface area contributed by atoms with E-state index in [-0.39, 0.29) is 24.0 Å². The lowest BCUT2D eigenvalue weighted by atomic mass is 10.1. The van der Waals surface area contributed by atoms with Gasteiger partial charge in [-0.3, -0.25) is 4.99 Å². The molecule has 0 spiro atoms. The number of nitrogens with zero attached hydrogens (tertiary/aromatic N) is 1. The van der Waals surface area contributed by atoms with Crippen molar-refractivity contribution in [3.8, 4) is 5.75 Å². The summed E-state index contributed by atoms with van der Waals surface area (Å²) in [6, 6.07) is 10.5. The Bertz CT molecular complexity index is 670. The molecule has 1 aromatic heterocycles. The lowest BCUT2D eigenvalue weighted by Gasteiger charge is -2.13. The van der Waals surface area contributed by atoms with Gasteiger partial charge in [-0.2, -0.15) is 0 Å². The first kappa shape index (κ1) is 20.8. The van der Waals surface area contributed by atoms with Gasteiger partial charge in [0.2, 0.25) is 0 Å². The van der Waals surface area contributed by atoms with Crippen molar-refractivity contribution in [3.63, 3.8) is 0 Å². The van der Waals surface area contributed by atoms with Crippen LogP contribution in [0, 0.1) is 13.8 Å². The van der Waals surface area contributed by atoms with Gasteiger partial charge in [0.05, 0.1) is 13.2 Å². The molecule has 24 heavy (non-hydrogen) atoms. The standard InChI is InChI=1S/C18H25N3OS.HI/c1-5-22-17-9-7-15(10-13(17)2)11-20-18(19-4)21-12-16-8-6-14(3)23-16;/h6-10H,5,11-12H2,1-4H3,(H2,19,20,21);1H. The summed E-state index contributed by atoms with van der Waals surface area (Å²) in [7, 11) is 1.79. The predicted molar refractivity (Wildman–Crippen MR) is 114 cm³/mol. The number of nitrogens with one attached hydrogen (secondary N) is 2. The van der Waals surface area contributed by atoms with Gasteiger partial charge >= 0.3 is 0 Å². The number of rotatable bonds is 6. The molecule has 0 fully saturated rings. The molecule has 0 amide bonds. The van der Waals surface area contributed by atoms with Gasteiger partial charge in [-0.15, -0.1) is 35.3 Å². The third kappa shape index (κ3) is 6.32. The molecule has 0 unspecified atom stereocenters. The molecule has 0 aliphatic carbocycles. The van der Waals surface area contributed by atoms with E-state index in [0.29, 0.717) is 6.61 Å². The molecule has 1 heterocycles. The van der Waals surface area contributed by atoms with Crippen LogP contribution in [-0.2, 0) is 13.1 Å². The summed E-state index contributed by atoms with van der Waals surface area (Å²) in [6.07, 6.45) is 0. The van der Waals surface area contributed by atoms with Crippen molar-refractivity contribution in [2.24, 2.45) is 4.99 Å². The molecule has 0 atom stereocenters. The zero-order valence-electron chi connectivity index (χ0n) is 14.7. The summed E-state index contributed by atoms with van der Waals surface area (Å²) in [5.74, 6) is 1.76. The van der Waals surface area contributed by atoms with Crippen LogP contribution >= 0.6 is 35.3 Å². The van der Waals surface area contributed by atoms with Crippen LogP contribution in [0.15, 0.2) is 35.3 Å². The van der Waals surface area contributed by atoms with Gasteiger partial charge in [-0.25, -0.2) is 0 Å². The van der Waals surface area contributed by atoms with E-state index >= 15 is 0 Å². The summed E-state index contributed by atoms with van der Waals surface area (Å²) in [5.41, 5.74) is 2.36. The Morgan fingerprint density at radius 1 is 1.12 bits per heavy atom. The lowest BCUT2D eigenvalue weighted by Crippen LogP contribution is -2.36. The molecule has 2 aromatic rings. The minimum absolute atomic E-state index is 0. The van der Waals surface area contributed by atoms with Gasteiger partial charge in [0.1, 0.15) is 5.75 Å². The van der Waals surface area contributed by atoms with Gasteiger partial charge in [-0.05, 0) is 50.1 Å². The number of ether oxygens (including phenoxy) is 1. The SMILES string of the molecule is CCOc1ccc(CNC(=NC)NCc2ccc(C)s2)cc1C.I. The van der Waals surface area contributed by atoms with E-state index < -0.39 is 0 Å². The first-order valence-electron chi connectivity index (χ1n) is 7.84. The van der Waals surface area contributed by atoms with Crippen LogP contribution in [0.5, 0.6) is 5.75 Å². The minimum atomic E-state index is 0. The number of guanidine groups is 1. The van der Waals surface area contributed by atoms with E-state index in [1.807, 2.05) is 13.0 Å². The molecular weight excluding hydrogens is 433 g/mol. The third-order valence-corrected chi connectivity index (χ3v) is 4.45. The molecular formula is C18H26IN3OS. The molecule has 0 radical (unpaired) electrons. The largest absolute Gasteiger partial charge is 0.494 e. The van der Waals surface area contributed by atoms with Crippen molar-refractivity contribution in [1.29, 1.82) is 0 Å². The maximum absolute atomic E-state index is 5.57. The van der Waals surface area contributed by atoms with Crippen LogP contribution in [0.4, 0.5) is 0 Å². The molecule has 0 aliphatic rings. The monoisotopic (exact) mass is 459 g/mol. The summed E-state index contributed by atoms with van der Waals surface area (Å²) < 4.78 is 5.57. The smallest absolute Gasteiger partial charge is 0.191 e. The maximum atomic E-state index is 5.57. The topological polar surface area (TPSA) is 45.6 Å². The summed E-state index contributed by atoms with van der Waals surface area (Å²) in [5, 5.41) is 6.68. The second-order valence-electron chi connectivity index (χ2n) is 5.32. The van der Waals surface area contributed by atoms with Gasteiger partial charge in [0.15, 0.2) is 5.96 Å². The molecule has 4 nitrogen and oxygen atoms in total. The molecule has 132 valence electrons. The number of aryl methyl sites for hydroxylation is 2. The van der Waals surface area contributed by atoms with Crippen LogP contribution in [0.1, 0.15) is 27.8 Å². The van der Waals surface area contributed by atoms with Crippen molar-refractivity contribution in [1.82, 2.24) is 10.6 Å². The van der Waals surface area contributed by atoms with E-state index in [1.165, 1.54) is 15.3 Å². The van der Waals surface area contributed by atoms with Gasteiger partial charge in [0, 0.05) is 23.3 Å². The predicted octanol–water partition coefficient (Wildman–Crippen LogP) is 4.25. The number of aliphatic imine (C=N–C) groups is 1. The van der Waals surface area contributed by atoms with Gasteiger partial charge < -0.3 is 15.4 Å². The van der Waals surface area contributed by atoms with Gasteiger partial charge in [0.25, 0.3) is 0 Å². The van der Waals surface area contributed by atoms with E-state index in [0.717, 1.165) is 30.4 Å². The summed E-state index contributed by atoms with van der Waals surface area (Å²) in [6.45, 7) is 8.41. The van der Waals surface area contributed by atoms with Crippen molar-refractivity contribution >= 4 is 41.3 Å². The molecule has 0 saturated carbocycles. The molecule has 0 aliphatic heterocycles. The van der Waals surface area contributed by atoms with Crippen molar-refractivity contribution in [2.75, 3.05) is 13.7 Å². The first-order valence-corrected chi connectivity index (χ1v) is 8.66. The Kier molecular flexibility index (Phi) is 9.13. The second-order valence-corrected chi connectivity index (χ2v) is 6.70. The molecule has 2 N–H and O–H groups in total. The molecule has 0 bridgehead atoms. The number of hydrogen-bond acceptors (Lipinski definition) is 3. The normalized spacial score (nSPS) is 10.9. The van der Waals surface area contributed by atoms with E-state index in [1.54, 1.807) is 18.4 Å². The van der Waals surface area contributed by atoms with E-state index in [9.17, 15) is 0 Å². The molecule has 0 saturated heterocycles. The van der Waals surface area contributed by atoms with E-state index in [2.05, 4.69) is 53.7 Å². The number of halogens is 1. The zero-order valence-corrected chi connectivity index (χ0v) is 17.8. The molecule has 1 aromatic carbocycles. The number of benzene rings is 1. The average Bonchev–Trinajstić information content (AvgIpc) is 2.95. The fourth-order valence-electron chi connectivity index (χ4n) is 2.30. The fourth-order valence-corrected chi connectivity index (χ4v) is 3.13. The van der Waals surface area contributed by atoms with Crippen molar-refractivity contribution in [3.05, 3.63) is 51.2 Å². The third-order valence-electron chi connectivity index (χ3n) is 3.45. The Morgan fingerprint density at radius 2 is 1.88 bits per heavy atom. The Morgan fingerprint density at radius 3 is 2.46 bits per heavy atom. The molecule has 2 rings (SSSR count). The minimum Gasteiger partial charge on any atom is -0.494 e. The highest BCUT2D eigenvalue weighted by molar-refractivity contribution is 14.0. The number of thiophene rings is 1. The fraction of sp³-hybridized carbons (Fsp3) is 0.389. The Hall–Kier alpha value is -1.28. The number of hydrogen-bond donors (Lipinski definition) is 2. The van der Waals surface area contributed by atoms with Gasteiger partial charge in [-0.1, -0.05) is 12.1 Å². The maximum Gasteiger partial charge on any atom is 0.191 e. The summed E-state index contributed by atoms with van der Waals surface area (Å²) >= 11 is 1.80. The summed E-state index contributed by atoms with van der Waals surface area (Å²) in [4.78, 5) is 6.90. The first-order chi connectivity index (χ1) is 11.1.